The summed E-state index contributed by atoms with van der Waals surface area (Å²) in [4.78, 5) is 0. The van der Waals surface area contributed by atoms with Crippen molar-refractivity contribution in [2.24, 2.45) is 0 Å². The van der Waals surface area contributed by atoms with Crippen LogP contribution in [0.25, 0.3) is 87.8 Å². The quantitative estimate of drug-likeness (QED) is 0.201. The normalized spacial score (nSPS) is 12.2. The minimum absolute atomic E-state index is 0.893. The number of pyridine rings is 1. The fourth-order valence-corrected chi connectivity index (χ4v) is 7.04. The fourth-order valence-electron chi connectivity index (χ4n) is 7.04. The lowest BCUT2D eigenvalue weighted by Crippen LogP contribution is -1.93. The molecule has 0 fully saturated rings. The highest BCUT2D eigenvalue weighted by Gasteiger charge is 2.15. The van der Waals surface area contributed by atoms with E-state index in [0.717, 1.165) is 44.2 Å². The van der Waals surface area contributed by atoms with Crippen molar-refractivity contribution in [2.75, 3.05) is 0 Å². The Hall–Kier alpha value is -5.87. The molecule has 0 aliphatic rings. The summed E-state index contributed by atoms with van der Waals surface area (Å²) in [7, 11) is 0. The second-order valence-corrected chi connectivity index (χ2v) is 11.3. The Kier molecular flexibility index (Phi) is 4.42. The maximum Gasteiger partial charge on any atom is 0.135 e. The summed E-state index contributed by atoms with van der Waals surface area (Å²) in [5.74, 6) is 0. The van der Waals surface area contributed by atoms with Crippen LogP contribution >= 0.6 is 0 Å². The van der Waals surface area contributed by atoms with Crippen molar-refractivity contribution < 1.29 is 4.42 Å². The minimum atomic E-state index is 0.893. The van der Waals surface area contributed by atoms with Crippen molar-refractivity contribution in [2.45, 2.75) is 0 Å². The minimum Gasteiger partial charge on any atom is -0.456 e. The third kappa shape index (κ3) is 3.12. The van der Waals surface area contributed by atoms with E-state index in [4.69, 9.17) is 4.42 Å². The summed E-state index contributed by atoms with van der Waals surface area (Å²) >= 11 is 0. The number of aromatic nitrogens is 3. The molecule has 0 radical (unpaired) electrons. The standard InChI is InChI=1S/C39H23N3O/c1-4-10-34-27(7-1)28-8-2-5-11-35(28)41(34)26-15-18-39-33(23-26)32-22-25(14-17-38(32)43-39)24-13-16-30-31(21-24)29-9-3-6-12-36(29)42-37(30)19-20-40-42/h1-23H. The third-order valence-electron chi connectivity index (χ3n) is 8.99. The van der Waals surface area contributed by atoms with Gasteiger partial charge in [0, 0.05) is 38.0 Å². The van der Waals surface area contributed by atoms with Gasteiger partial charge in [0.25, 0.3) is 0 Å². The molecule has 0 aliphatic heterocycles. The first-order valence-electron chi connectivity index (χ1n) is 14.6. The Balaban J connectivity index is 1.19. The average molecular weight is 550 g/mol. The molecule has 200 valence electrons. The van der Waals surface area contributed by atoms with Crippen LogP contribution in [0.15, 0.2) is 144 Å². The number of hydrogen-bond donors (Lipinski definition) is 0. The van der Waals surface area contributed by atoms with Crippen LogP contribution in [-0.4, -0.2) is 14.2 Å². The molecule has 0 aliphatic carbocycles. The Labute approximate surface area is 245 Å². The van der Waals surface area contributed by atoms with E-state index in [1.54, 1.807) is 0 Å². The van der Waals surface area contributed by atoms with Gasteiger partial charge in [0.2, 0.25) is 0 Å². The number of fused-ring (bicyclic) bond motifs is 12. The van der Waals surface area contributed by atoms with E-state index >= 15 is 0 Å². The molecule has 4 heteroatoms. The Bertz CT molecular complexity index is 2690. The molecule has 4 aromatic heterocycles. The van der Waals surface area contributed by atoms with Crippen LogP contribution in [0.2, 0.25) is 0 Å². The van der Waals surface area contributed by atoms with E-state index in [0.29, 0.717) is 0 Å². The molecule has 0 N–H and O–H groups in total. The number of hydrogen-bond acceptors (Lipinski definition) is 2. The molecule has 4 nitrogen and oxygen atoms in total. The van der Waals surface area contributed by atoms with Crippen molar-refractivity contribution in [3.05, 3.63) is 140 Å². The first kappa shape index (κ1) is 22.8. The number of benzene rings is 6. The van der Waals surface area contributed by atoms with Crippen LogP contribution in [0.3, 0.4) is 0 Å². The Morgan fingerprint density at radius 1 is 0.419 bits per heavy atom. The van der Waals surface area contributed by atoms with Crippen molar-refractivity contribution in [1.82, 2.24) is 14.2 Å². The SMILES string of the molecule is c1ccc2c(c1)c1ccccc1n2-c1ccc2oc3ccc(-c4ccc5c(c4)c4ccccc4n4nccc54)cc3c2c1. The number of rotatable bonds is 2. The number of nitrogens with zero attached hydrogens (tertiary/aromatic N) is 3. The monoisotopic (exact) mass is 549 g/mol. The molecule has 0 saturated heterocycles. The fraction of sp³-hybridized carbons (Fsp3) is 0. The van der Waals surface area contributed by atoms with E-state index in [1.165, 1.54) is 43.5 Å². The molecule has 0 spiro atoms. The molecule has 0 atom stereocenters. The lowest BCUT2D eigenvalue weighted by Gasteiger charge is -2.10. The van der Waals surface area contributed by atoms with Gasteiger partial charge in [0.15, 0.2) is 0 Å². The van der Waals surface area contributed by atoms with Crippen LogP contribution in [0, 0.1) is 0 Å². The summed E-state index contributed by atoms with van der Waals surface area (Å²) in [6, 6.07) is 47.7. The van der Waals surface area contributed by atoms with Gasteiger partial charge in [0.05, 0.1) is 28.3 Å². The first-order valence-corrected chi connectivity index (χ1v) is 14.6. The topological polar surface area (TPSA) is 35.4 Å². The lowest BCUT2D eigenvalue weighted by molar-refractivity contribution is 0.669. The number of furan rings is 1. The predicted molar refractivity (Wildman–Crippen MR) is 177 cm³/mol. The largest absolute Gasteiger partial charge is 0.456 e. The van der Waals surface area contributed by atoms with E-state index in [2.05, 4.69) is 143 Å². The summed E-state index contributed by atoms with van der Waals surface area (Å²) < 4.78 is 10.7. The lowest BCUT2D eigenvalue weighted by atomic mass is 9.97. The van der Waals surface area contributed by atoms with Gasteiger partial charge in [-0.25, -0.2) is 4.52 Å². The van der Waals surface area contributed by atoms with E-state index in [-0.39, 0.29) is 0 Å². The molecule has 0 bridgehead atoms. The van der Waals surface area contributed by atoms with Crippen molar-refractivity contribution >= 4 is 70.9 Å². The molecule has 0 amide bonds. The summed E-state index contributed by atoms with van der Waals surface area (Å²) in [6.07, 6.45) is 1.88. The van der Waals surface area contributed by atoms with Crippen LogP contribution in [-0.2, 0) is 0 Å². The second-order valence-electron chi connectivity index (χ2n) is 11.3. The van der Waals surface area contributed by atoms with Gasteiger partial charge in [0.1, 0.15) is 11.2 Å². The molecule has 0 unspecified atom stereocenters. The molecule has 10 aromatic rings. The van der Waals surface area contributed by atoms with Gasteiger partial charge in [-0.2, -0.15) is 5.10 Å². The smallest absolute Gasteiger partial charge is 0.135 e. The van der Waals surface area contributed by atoms with Crippen LogP contribution in [0.5, 0.6) is 0 Å². The highest BCUT2D eigenvalue weighted by molar-refractivity contribution is 6.14. The van der Waals surface area contributed by atoms with Crippen molar-refractivity contribution in [3.8, 4) is 16.8 Å². The summed E-state index contributed by atoms with van der Waals surface area (Å²) in [5, 5.41) is 13.0. The van der Waals surface area contributed by atoms with E-state index < -0.39 is 0 Å². The second kappa shape index (κ2) is 8.34. The van der Waals surface area contributed by atoms with E-state index in [1.807, 2.05) is 10.7 Å². The molecule has 43 heavy (non-hydrogen) atoms. The third-order valence-corrected chi connectivity index (χ3v) is 8.99. The van der Waals surface area contributed by atoms with Gasteiger partial charge < -0.3 is 8.98 Å². The zero-order chi connectivity index (χ0) is 28.1. The maximum absolute atomic E-state index is 6.34. The van der Waals surface area contributed by atoms with Gasteiger partial charge in [-0.1, -0.05) is 72.8 Å². The Morgan fingerprint density at radius 2 is 0.953 bits per heavy atom. The van der Waals surface area contributed by atoms with Crippen molar-refractivity contribution in [1.29, 1.82) is 0 Å². The molecule has 10 rings (SSSR count). The molecular weight excluding hydrogens is 526 g/mol. The number of para-hydroxylation sites is 3. The van der Waals surface area contributed by atoms with Crippen LogP contribution < -0.4 is 0 Å². The van der Waals surface area contributed by atoms with Crippen LogP contribution in [0.1, 0.15) is 0 Å². The first-order chi connectivity index (χ1) is 21.3. The predicted octanol–water partition coefficient (Wildman–Crippen LogP) is 10.3. The van der Waals surface area contributed by atoms with E-state index in [9.17, 15) is 0 Å². The van der Waals surface area contributed by atoms with Crippen molar-refractivity contribution in [3.63, 3.8) is 0 Å². The van der Waals surface area contributed by atoms with Gasteiger partial charge in [-0.15, -0.1) is 0 Å². The molecule has 0 saturated carbocycles. The summed E-state index contributed by atoms with van der Waals surface area (Å²) in [5.41, 5.74) is 9.89. The zero-order valence-electron chi connectivity index (χ0n) is 23.0. The molecule has 4 heterocycles. The Morgan fingerprint density at radius 3 is 1.70 bits per heavy atom. The van der Waals surface area contributed by atoms with Gasteiger partial charge in [-0.05, 0) is 77.2 Å². The average Bonchev–Trinajstić information content (AvgIpc) is 3.79. The summed E-state index contributed by atoms with van der Waals surface area (Å²) in [6.45, 7) is 0. The van der Waals surface area contributed by atoms with Gasteiger partial charge >= 0.3 is 0 Å². The van der Waals surface area contributed by atoms with Gasteiger partial charge in [-0.3, -0.25) is 0 Å². The van der Waals surface area contributed by atoms with Crippen LogP contribution in [0.4, 0.5) is 0 Å². The zero-order valence-corrected chi connectivity index (χ0v) is 23.0. The molecule has 6 aromatic carbocycles. The molecular formula is C39H23N3O. The maximum atomic E-state index is 6.34. The highest BCUT2D eigenvalue weighted by Crippen LogP contribution is 2.38. The highest BCUT2D eigenvalue weighted by atomic mass is 16.3.